The minimum absolute atomic E-state index is 0.0956. The number of thioether (sulfide) groups is 1. The van der Waals surface area contributed by atoms with E-state index in [1.54, 1.807) is 11.8 Å². The first-order chi connectivity index (χ1) is 16.1. The van der Waals surface area contributed by atoms with Crippen molar-refractivity contribution in [3.8, 4) is 11.3 Å². The summed E-state index contributed by atoms with van der Waals surface area (Å²) >= 11 is 1.64. The average Bonchev–Trinajstić information content (AvgIpc) is 2.85. The maximum absolute atomic E-state index is 14.1. The summed E-state index contributed by atoms with van der Waals surface area (Å²) in [5.41, 5.74) is 6.31. The molecule has 0 N–H and O–H groups in total. The third-order valence-corrected chi connectivity index (χ3v) is 7.81. The molecule has 0 spiro atoms. The van der Waals surface area contributed by atoms with Gasteiger partial charge in [-0.05, 0) is 29.5 Å². The van der Waals surface area contributed by atoms with E-state index in [4.69, 9.17) is 4.98 Å². The Hall–Kier alpha value is -3.11. The van der Waals surface area contributed by atoms with Crippen molar-refractivity contribution in [2.24, 2.45) is 0 Å². The Bertz CT molecular complexity index is 1330. The zero-order chi connectivity index (χ0) is 22.8. The first-order valence-electron chi connectivity index (χ1n) is 11.5. The van der Waals surface area contributed by atoms with Crippen LogP contribution in [-0.4, -0.2) is 9.55 Å². The fraction of sp³-hybridized carbons (Fsp3) is 0.241. The lowest BCUT2D eigenvalue weighted by molar-refractivity contribution is 0.430. The molecule has 0 saturated heterocycles. The number of aromatic nitrogens is 2. The number of hydrogen-bond acceptors (Lipinski definition) is 3. The highest BCUT2D eigenvalue weighted by Crippen LogP contribution is 2.43. The van der Waals surface area contributed by atoms with Gasteiger partial charge in [0.1, 0.15) is 0 Å². The molecule has 0 aliphatic heterocycles. The van der Waals surface area contributed by atoms with Gasteiger partial charge in [0.2, 0.25) is 0 Å². The van der Waals surface area contributed by atoms with Gasteiger partial charge in [-0.3, -0.25) is 9.36 Å². The highest BCUT2D eigenvalue weighted by Gasteiger charge is 2.38. The van der Waals surface area contributed by atoms with Crippen molar-refractivity contribution >= 4 is 11.8 Å². The van der Waals surface area contributed by atoms with Gasteiger partial charge in [-0.2, -0.15) is 0 Å². The Balaban J connectivity index is 1.69. The Morgan fingerprint density at radius 1 is 0.909 bits per heavy atom. The standard InChI is InChI=1S/C29H28N2OS/c1-3-29(2)18-23-16-10-11-17-24(23)26-25(29)27(32)31(19-21-12-6-4-7-13-21)28(30-26)33-20-22-14-8-5-9-15-22/h4-17H,3,18-20H2,1-2H3/t29-/m1/s1. The first kappa shape index (κ1) is 21.7. The molecule has 0 unspecified atom stereocenters. The second-order valence-corrected chi connectivity index (χ2v) is 9.96. The summed E-state index contributed by atoms with van der Waals surface area (Å²) in [6.07, 6.45) is 1.76. The van der Waals surface area contributed by atoms with Crippen LogP contribution < -0.4 is 5.56 Å². The summed E-state index contributed by atoms with van der Waals surface area (Å²) in [6, 6.07) is 29.0. The van der Waals surface area contributed by atoms with Gasteiger partial charge in [-0.1, -0.05) is 111 Å². The van der Waals surface area contributed by atoms with Crippen molar-refractivity contribution in [1.29, 1.82) is 0 Å². The lowest BCUT2D eigenvalue weighted by Crippen LogP contribution is -2.40. The topological polar surface area (TPSA) is 34.9 Å². The molecular formula is C29H28N2OS. The van der Waals surface area contributed by atoms with Crippen molar-refractivity contribution in [3.63, 3.8) is 0 Å². The normalized spacial score (nSPS) is 16.8. The van der Waals surface area contributed by atoms with E-state index < -0.39 is 0 Å². The molecule has 0 radical (unpaired) electrons. The number of nitrogens with zero attached hydrogens (tertiary/aromatic N) is 2. The molecule has 3 aromatic carbocycles. The zero-order valence-electron chi connectivity index (χ0n) is 19.1. The van der Waals surface area contributed by atoms with Crippen molar-refractivity contribution in [3.05, 3.63) is 118 Å². The molecule has 3 nitrogen and oxygen atoms in total. The molecule has 0 saturated carbocycles. The van der Waals surface area contributed by atoms with E-state index in [1.807, 2.05) is 34.9 Å². The van der Waals surface area contributed by atoms with Crippen LogP contribution in [0.5, 0.6) is 0 Å². The monoisotopic (exact) mass is 452 g/mol. The molecule has 1 atom stereocenters. The van der Waals surface area contributed by atoms with E-state index in [-0.39, 0.29) is 11.0 Å². The summed E-state index contributed by atoms with van der Waals surface area (Å²) in [6.45, 7) is 4.92. The molecule has 0 fully saturated rings. The Morgan fingerprint density at radius 3 is 2.24 bits per heavy atom. The smallest absolute Gasteiger partial charge is 0.258 e. The van der Waals surface area contributed by atoms with Gasteiger partial charge < -0.3 is 0 Å². The number of hydrogen-bond donors (Lipinski definition) is 0. The third kappa shape index (κ3) is 4.16. The average molecular weight is 453 g/mol. The van der Waals surface area contributed by atoms with Gasteiger partial charge in [0.25, 0.3) is 5.56 Å². The molecule has 5 rings (SSSR count). The molecule has 1 aliphatic carbocycles. The SMILES string of the molecule is CC[C@]1(C)Cc2ccccc2-c2nc(SCc3ccccc3)n(Cc3ccccc3)c(=O)c21. The van der Waals surface area contributed by atoms with E-state index >= 15 is 0 Å². The summed E-state index contributed by atoms with van der Waals surface area (Å²) in [7, 11) is 0. The molecule has 4 heteroatoms. The van der Waals surface area contributed by atoms with Crippen LogP contribution in [-0.2, 0) is 24.1 Å². The molecule has 4 aromatic rings. The molecule has 1 heterocycles. The molecule has 1 aliphatic rings. The van der Waals surface area contributed by atoms with Gasteiger partial charge in [-0.15, -0.1) is 0 Å². The van der Waals surface area contributed by atoms with E-state index in [1.165, 1.54) is 11.1 Å². The molecule has 1 aromatic heterocycles. The van der Waals surface area contributed by atoms with Crippen LogP contribution in [0.3, 0.4) is 0 Å². The summed E-state index contributed by atoms with van der Waals surface area (Å²) in [4.78, 5) is 19.3. The first-order valence-corrected chi connectivity index (χ1v) is 12.5. The fourth-order valence-corrected chi connectivity index (χ4v) is 5.67. The maximum atomic E-state index is 14.1. The summed E-state index contributed by atoms with van der Waals surface area (Å²) in [5, 5.41) is 0.779. The Morgan fingerprint density at radius 2 is 1.55 bits per heavy atom. The molecule has 33 heavy (non-hydrogen) atoms. The largest absolute Gasteiger partial charge is 0.283 e. The number of rotatable bonds is 6. The van der Waals surface area contributed by atoms with Crippen LogP contribution in [0.2, 0.25) is 0 Å². The highest BCUT2D eigenvalue weighted by molar-refractivity contribution is 7.98. The van der Waals surface area contributed by atoms with E-state index in [9.17, 15) is 4.79 Å². The van der Waals surface area contributed by atoms with Crippen molar-refractivity contribution in [2.45, 2.75) is 49.6 Å². The zero-order valence-corrected chi connectivity index (χ0v) is 19.9. The van der Waals surface area contributed by atoms with Crippen molar-refractivity contribution in [1.82, 2.24) is 9.55 Å². The Labute approximate surface area is 199 Å². The van der Waals surface area contributed by atoms with E-state index in [0.717, 1.165) is 46.1 Å². The molecule has 0 amide bonds. The molecule has 0 bridgehead atoms. The molecular weight excluding hydrogens is 424 g/mol. The van der Waals surface area contributed by atoms with Crippen LogP contribution in [0.15, 0.2) is 94.9 Å². The second kappa shape index (κ2) is 9.03. The lowest BCUT2D eigenvalue weighted by Gasteiger charge is -2.36. The van der Waals surface area contributed by atoms with Crippen molar-refractivity contribution in [2.75, 3.05) is 0 Å². The number of fused-ring (bicyclic) bond motifs is 3. The van der Waals surface area contributed by atoms with E-state index in [0.29, 0.717) is 6.54 Å². The van der Waals surface area contributed by atoms with Crippen LogP contribution >= 0.6 is 11.8 Å². The molecule has 166 valence electrons. The maximum Gasteiger partial charge on any atom is 0.258 e. The van der Waals surface area contributed by atoms with Crippen LogP contribution in [0.25, 0.3) is 11.3 Å². The van der Waals surface area contributed by atoms with Gasteiger partial charge in [0, 0.05) is 16.7 Å². The van der Waals surface area contributed by atoms with Crippen LogP contribution in [0.4, 0.5) is 0 Å². The van der Waals surface area contributed by atoms with E-state index in [2.05, 4.69) is 68.4 Å². The lowest BCUT2D eigenvalue weighted by atomic mass is 9.69. The van der Waals surface area contributed by atoms with Gasteiger partial charge >= 0.3 is 0 Å². The van der Waals surface area contributed by atoms with Crippen LogP contribution in [0.1, 0.15) is 42.5 Å². The predicted molar refractivity (Wildman–Crippen MR) is 137 cm³/mol. The van der Waals surface area contributed by atoms with Crippen molar-refractivity contribution < 1.29 is 0 Å². The quantitative estimate of drug-likeness (QED) is 0.248. The predicted octanol–water partition coefficient (Wildman–Crippen LogP) is 6.47. The highest BCUT2D eigenvalue weighted by atomic mass is 32.2. The fourth-order valence-electron chi connectivity index (χ4n) is 4.73. The number of benzene rings is 3. The summed E-state index contributed by atoms with van der Waals surface area (Å²) < 4.78 is 1.89. The third-order valence-electron chi connectivity index (χ3n) is 6.77. The van der Waals surface area contributed by atoms with Gasteiger partial charge in [-0.25, -0.2) is 4.98 Å². The summed E-state index contributed by atoms with van der Waals surface area (Å²) in [5.74, 6) is 0.771. The van der Waals surface area contributed by atoms with Crippen LogP contribution in [0, 0.1) is 0 Å². The van der Waals surface area contributed by atoms with Gasteiger partial charge in [0.15, 0.2) is 5.16 Å². The second-order valence-electron chi connectivity index (χ2n) is 9.02. The minimum Gasteiger partial charge on any atom is -0.283 e. The minimum atomic E-state index is -0.227. The Kier molecular flexibility index (Phi) is 5.94. The van der Waals surface area contributed by atoms with Gasteiger partial charge in [0.05, 0.1) is 17.8 Å².